The molecule has 0 atom stereocenters. The Morgan fingerprint density at radius 3 is 2.60 bits per heavy atom. The predicted molar refractivity (Wildman–Crippen MR) is 55.4 cm³/mol. The molecule has 0 fully saturated rings. The van der Waals surface area contributed by atoms with Crippen molar-refractivity contribution in [3.63, 3.8) is 0 Å². The molecule has 0 aromatic heterocycles. The van der Waals surface area contributed by atoms with Gasteiger partial charge in [0.15, 0.2) is 0 Å². The number of rotatable bonds is 4. The largest absolute Gasteiger partial charge is 0.460 e. The summed E-state index contributed by atoms with van der Waals surface area (Å²) in [4.78, 5) is 14.0. The first-order valence-corrected chi connectivity index (χ1v) is 4.61. The molecule has 0 radical (unpaired) electrons. The molecule has 0 amide bonds. The molecule has 0 unspecified atom stereocenters. The first kappa shape index (κ1) is 11.1. The minimum absolute atomic E-state index is 0.0429. The van der Waals surface area contributed by atoms with Gasteiger partial charge in [-0.25, -0.2) is 4.79 Å². The summed E-state index contributed by atoms with van der Waals surface area (Å²) in [5.74, 6) is -0.589. The van der Waals surface area contributed by atoms with Crippen molar-refractivity contribution >= 4 is 11.7 Å². The molecule has 0 heterocycles. The van der Waals surface area contributed by atoms with E-state index in [0.717, 1.165) is 5.56 Å². The summed E-state index contributed by atoms with van der Waals surface area (Å²) in [5, 5.41) is 0. The maximum atomic E-state index is 11.1. The zero-order valence-corrected chi connectivity index (χ0v) is 8.51. The fourth-order valence-corrected chi connectivity index (χ4v) is 1.22. The van der Waals surface area contributed by atoms with Gasteiger partial charge in [-0.05, 0) is 12.0 Å². The van der Waals surface area contributed by atoms with E-state index in [2.05, 4.69) is 9.53 Å². The topological polar surface area (TPSA) is 62.7 Å². The Labute approximate surface area is 88.1 Å². The highest BCUT2D eigenvalue weighted by Gasteiger charge is 2.19. The van der Waals surface area contributed by atoms with E-state index >= 15 is 0 Å². The normalized spacial score (nSPS) is 9.13. The quantitative estimate of drug-likeness (QED) is 0.322. The van der Waals surface area contributed by atoms with Gasteiger partial charge < -0.3 is 10.3 Å². The number of carbonyl (C=O) groups excluding carboxylic acids is 1. The fraction of sp³-hybridized carbons (Fsp3) is 0.273. The molecule has 0 aliphatic rings. The Bertz CT molecular complexity index is 381. The molecule has 0 aliphatic carbocycles. The lowest BCUT2D eigenvalue weighted by Crippen LogP contribution is -2.17. The highest BCUT2D eigenvalue weighted by molar-refractivity contribution is 6.33. The Morgan fingerprint density at radius 2 is 2.07 bits per heavy atom. The van der Waals surface area contributed by atoms with Gasteiger partial charge in [0, 0.05) is 0 Å². The van der Waals surface area contributed by atoms with Gasteiger partial charge in [-0.2, -0.15) is 4.79 Å². The zero-order valence-electron chi connectivity index (χ0n) is 8.51. The standard InChI is InChI=1S/C11H12N2O2/c1-15-11(14)10(13-12)8-7-9-5-3-2-4-6-9/h2-6H,7-8H2,1H3. The number of carbonyl (C=O) groups is 1. The minimum atomic E-state index is -0.589. The van der Waals surface area contributed by atoms with Crippen LogP contribution in [-0.2, 0) is 16.0 Å². The molecule has 1 aromatic carbocycles. The van der Waals surface area contributed by atoms with Crippen molar-refractivity contribution in [2.45, 2.75) is 12.8 Å². The number of benzene rings is 1. The number of esters is 1. The van der Waals surface area contributed by atoms with Gasteiger partial charge in [0.1, 0.15) is 0 Å². The van der Waals surface area contributed by atoms with Crippen LogP contribution in [0.2, 0.25) is 0 Å². The molecule has 0 bridgehead atoms. The number of aryl methyl sites for hydroxylation is 1. The molecule has 1 rings (SSSR count). The minimum Gasteiger partial charge on any atom is -0.460 e. The summed E-state index contributed by atoms with van der Waals surface area (Å²) >= 11 is 0. The second kappa shape index (κ2) is 5.73. The van der Waals surface area contributed by atoms with Gasteiger partial charge in [-0.1, -0.05) is 30.3 Å². The SMILES string of the molecule is COC(=O)C(CCc1ccccc1)=[N+]=[N-]. The number of ether oxygens (including phenoxy) is 1. The van der Waals surface area contributed by atoms with Crippen LogP contribution in [0.1, 0.15) is 12.0 Å². The van der Waals surface area contributed by atoms with E-state index in [1.54, 1.807) is 0 Å². The fourth-order valence-electron chi connectivity index (χ4n) is 1.22. The molecule has 0 aliphatic heterocycles. The second-order valence-electron chi connectivity index (χ2n) is 3.02. The summed E-state index contributed by atoms with van der Waals surface area (Å²) < 4.78 is 4.46. The Balaban J connectivity index is 2.57. The summed E-state index contributed by atoms with van der Waals surface area (Å²) in [6.07, 6.45) is 1.02. The molecule has 4 heteroatoms. The van der Waals surface area contributed by atoms with E-state index in [9.17, 15) is 4.79 Å². The van der Waals surface area contributed by atoms with E-state index in [1.807, 2.05) is 30.3 Å². The van der Waals surface area contributed by atoms with Crippen LogP contribution in [0.5, 0.6) is 0 Å². The number of hydrogen-bond donors (Lipinski definition) is 0. The van der Waals surface area contributed by atoms with E-state index in [-0.39, 0.29) is 5.71 Å². The van der Waals surface area contributed by atoms with Gasteiger partial charge in [0.25, 0.3) is 0 Å². The summed E-state index contributed by atoms with van der Waals surface area (Å²) in [6.45, 7) is 0. The van der Waals surface area contributed by atoms with E-state index < -0.39 is 5.97 Å². The van der Waals surface area contributed by atoms with Gasteiger partial charge in [-0.15, -0.1) is 0 Å². The molecule has 0 saturated carbocycles. The molecular weight excluding hydrogens is 192 g/mol. The van der Waals surface area contributed by atoms with Gasteiger partial charge in [0.2, 0.25) is 0 Å². The van der Waals surface area contributed by atoms with Crippen LogP contribution in [0.3, 0.4) is 0 Å². The average Bonchev–Trinajstić information content (AvgIpc) is 2.31. The summed E-state index contributed by atoms with van der Waals surface area (Å²) in [6, 6.07) is 9.66. The molecular formula is C11H12N2O2. The number of methoxy groups -OCH3 is 1. The van der Waals surface area contributed by atoms with Crippen molar-refractivity contribution in [3.8, 4) is 0 Å². The summed E-state index contributed by atoms with van der Waals surface area (Å²) in [7, 11) is 1.26. The van der Waals surface area contributed by atoms with Crippen LogP contribution in [0.15, 0.2) is 30.3 Å². The maximum absolute atomic E-state index is 11.1. The average molecular weight is 204 g/mol. The van der Waals surface area contributed by atoms with E-state index in [4.69, 9.17) is 5.53 Å². The molecule has 78 valence electrons. The predicted octanol–water partition coefficient (Wildman–Crippen LogP) is 1.46. The lowest BCUT2D eigenvalue weighted by atomic mass is 10.1. The third kappa shape index (κ3) is 3.37. The molecule has 0 saturated heterocycles. The molecule has 4 nitrogen and oxygen atoms in total. The smallest absolute Gasteiger partial charge is 0.416 e. The third-order valence-corrected chi connectivity index (χ3v) is 2.04. The monoisotopic (exact) mass is 204 g/mol. The second-order valence-corrected chi connectivity index (χ2v) is 3.02. The Hall–Kier alpha value is -1.93. The lowest BCUT2D eigenvalue weighted by Gasteiger charge is -1.97. The highest BCUT2D eigenvalue weighted by Crippen LogP contribution is 2.03. The van der Waals surface area contributed by atoms with Crippen LogP contribution < -0.4 is 0 Å². The van der Waals surface area contributed by atoms with Crippen LogP contribution in [-0.4, -0.2) is 23.6 Å². The number of nitrogens with zero attached hydrogens (tertiary/aromatic N) is 2. The van der Waals surface area contributed by atoms with Crippen molar-refractivity contribution in [1.82, 2.24) is 0 Å². The van der Waals surface area contributed by atoms with Crippen LogP contribution in [0.4, 0.5) is 0 Å². The summed E-state index contributed by atoms with van der Waals surface area (Å²) in [5.41, 5.74) is 9.72. The third-order valence-electron chi connectivity index (χ3n) is 2.04. The van der Waals surface area contributed by atoms with Crippen molar-refractivity contribution in [3.05, 3.63) is 41.4 Å². The van der Waals surface area contributed by atoms with Crippen molar-refractivity contribution in [2.24, 2.45) is 0 Å². The molecule has 1 aromatic rings. The van der Waals surface area contributed by atoms with Gasteiger partial charge >= 0.3 is 11.7 Å². The van der Waals surface area contributed by atoms with Crippen LogP contribution >= 0.6 is 0 Å². The van der Waals surface area contributed by atoms with Crippen LogP contribution in [0, 0.1) is 0 Å². The van der Waals surface area contributed by atoms with E-state index in [0.29, 0.717) is 12.8 Å². The zero-order chi connectivity index (χ0) is 11.1. The number of hydrogen-bond acceptors (Lipinski definition) is 2. The molecule has 0 N–H and O–H groups in total. The lowest BCUT2D eigenvalue weighted by molar-refractivity contribution is -0.137. The first-order chi connectivity index (χ1) is 7.27. The Morgan fingerprint density at radius 1 is 1.40 bits per heavy atom. The van der Waals surface area contributed by atoms with Crippen molar-refractivity contribution in [1.29, 1.82) is 0 Å². The maximum Gasteiger partial charge on any atom is 0.416 e. The first-order valence-electron chi connectivity index (χ1n) is 4.61. The van der Waals surface area contributed by atoms with Gasteiger partial charge in [0.05, 0.1) is 13.5 Å². The molecule has 15 heavy (non-hydrogen) atoms. The van der Waals surface area contributed by atoms with E-state index in [1.165, 1.54) is 7.11 Å². The van der Waals surface area contributed by atoms with Crippen molar-refractivity contribution < 1.29 is 14.3 Å². The highest BCUT2D eigenvalue weighted by atomic mass is 16.5. The Kier molecular flexibility index (Phi) is 4.26. The van der Waals surface area contributed by atoms with Crippen molar-refractivity contribution in [2.75, 3.05) is 7.11 Å². The molecule has 0 spiro atoms. The van der Waals surface area contributed by atoms with Crippen LogP contribution in [0.25, 0.3) is 5.53 Å². The van der Waals surface area contributed by atoms with Gasteiger partial charge in [-0.3, -0.25) is 0 Å².